The van der Waals surface area contributed by atoms with Crippen molar-refractivity contribution in [1.82, 2.24) is 0 Å². The maximum atomic E-state index is 2.41. The Morgan fingerprint density at radius 1 is 0.306 bits per heavy atom. The molecule has 242 valence electrons. The largest absolute Gasteiger partial charge is 0.182 e. The zero-order valence-corrected chi connectivity index (χ0v) is 30.3. The molecule has 0 atom stereocenters. The van der Waals surface area contributed by atoms with Crippen LogP contribution < -0.4 is 10.4 Å². The third-order valence-corrected chi connectivity index (χ3v) is 15.5. The van der Waals surface area contributed by atoms with Gasteiger partial charge in [0.05, 0.1) is 0 Å². The molecule has 7 rings (SSSR count). The minimum atomic E-state index is -2.96. The fourth-order valence-corrected chi connectivity index (χ4v) is 13.4. The maximum absolute atomic E-state index is 2.96. The lowest BCUT2D eigenvalue weighted by Gasteiger charge is -2.36. The Morgan fingerprint density at radius 2 is 0.571 bits per heavy atom. The van der Waals surface area contributed by atoms with Gasteiger partial charge in [-0.3, -0.25) is 0 Å². The van der Waals surface area contributed by atoms with Gasteiger partial charge in [0, 0.05) is 0 Å². The fourth-order valence-electron chi connectivity index (χ4n) is 7.80. The summed E-state index contributed by atoms with van der Waals surface area (Å²) in [5.41, 5.74) is 13.4. The highest BCUT2D eigenvalue weighted by atomic mass is 28.3. The maximum Gasteiger partial charge on any atom is 0.182 e. The van der Waals surface area contributed by atoms with Crippen molar-refractivity contribution in [1.29, 1.82) is 0 Å². The van der Waals surface area contributed by atoms with Crippen LogP contribution in [0.5, 0.6) is 0 Å². The second-order valence-corrected chi connectivity index (χ2v) is 16.8. The molecule has 0 nitrogen and oxygen atoms in total. The highest BCUT2D eigenvalue weighted by Gasteiger charge is 2.53. The van der Waals surface area contributed by atoms with E-state index < -0.39 is 8.07 Å². The van der Waals surface area contributed by atoms with Gasteiger partial charge in [0.25, 0.3) is 0 Å². The van der Waals surface area contributed by atoms with E-state index in [1.807, 2.05) is 0 Å². The summed E-state index contributed by atoms with van der Waals surface area (Å²) in [5, 5.41) is 5.77. The summed E-state index contributed by atoms with van der Waals surface area (Å²) < 4.78 is 0. The highest BCUT2D eigenvalue weighted by Crippen LogP contribution is 2.55. The number of hydrogen-bond acceptors (Lipinski definition) is 0. The Bertz CT molecular complexity index is 1920. The van der Waals surface area contributed by atoms with Gasteiger partial charge in [-0.15, -0.1) is 0 Å². The third kappa shape index (κ3) is 5.87. The lowest BCUT2D eigenvalue weighted by molar-refractivity contribution is 1.14. The molecule has 0 saturated heterocycles. The molecular formula is C48H46Si. The smallest absolute Gasteiger partial charge is 0.0623 e. The Hall–Kier alpha value is -4.98. The summed E-state index contributed by atoms with van der Waals surface area (Å²) in [6.45, 7) is 8.97. The van der Waals surface area contributed by atoms with E-state index in [0.717, 1.165) is 25.7 Å². The molecule has 0 fully saturated rings. The van der Waals surface area contributed by atoms with E-state index in [9.17, 15) is 0 Å². The molecule has 0 saturated carbocycles. The van der Waals surface area contributed by atoms with E-state index >= 15 is 0 Å². The lowest BCUT2D eigenvalue weighted by atomic mass is 9.88. The van der Waals surface area contributed by atoms with Crippen LogP contribution in [0.15, 0.2) is 158 Å². The summed E-state index contributed by atoms with van der Waals surface area (Å²) in [4.78, 5) is 0. The van der Waals surface area contributed by atoms with Gasteiger partial charge in [-0.25, -0.2) is 0 Å². The predicted octanol–water partition coefficient (Wildman–Crippen LogP) is 10.8. The van der Waals surface area contributed by atoms with Crippen LogP contribution >= 0.6 is 0 Å². The van der Waals surface area contributed by atoms with Crippen LogP contribution in [0.4, 0.5) is 0 Å². The van der Waals surface area contributed by atoms with E-state index in [0.29, 0.717) is 0 Å². The molecular weight excluding hydrogens is 605 g/mol. The van der Waals surface area contributed by atoms with Gasteiger partial charge >= 0.3 is 0 Å². The molecule has 0 amide bonds. The standard InChI is InChI=1S/C48H46Si/c1-5-35-19-27-39(28-20-35)45-46(40-29-21-36(6-2)22-30-40)48(42-33-25-38(8-4)26-34-42)49(43-15-11-9-12-16-43,44-17-13-10-14-18-44)47(45)41-31-23-37(7-3)24-32-41/h9-34H,5-8H2,1-4H3. The van der Waals surface area contributed by atoms with Crippen molar-refractivity contribution in [3.63, 3.8) is 0 Å². The van der Waals surface area contributed by atoms with Gasteiger partial charge < -0.3 is 0 Å². The quantitative estimate of drug-likeness (QED) is 0.129. The Balaban J connectivity index is 1.73. The number of rotatable bonds is 10. The van der Waals surface area contributed by atoms with Crippen molar-refractivity contribution in [2.45, 2.75) is 53.4 Å². The molecule has 1 heteroatoms. The predicted molar refractivity (Wildman–Crippen MR) is 215 cm³/mol. The number of allylic oxidation sites excluding steroid dienone is 2. The van der Waals surface area contributed by atoms with Crippen LogP contribution in [0, 0.1) is 0 Å². The molecule has 49 heavy (non-hydrogen) atoms. The van der Waals surface area contributed by atoms with Gasteiger partial charge in [-0.1, -0.05) is 185 Å². The molecule has 0 unspecified atom stereocenters. The molecule has 6 aromatic rings. The Kier molecular flexibility index (Phi) is 9.46. The minimum absolute atomic E-state index is 1.02. The second-order valence-electron chi connectivity index (χ2n) is 13.2. The van der Waals surface area contributed by atoms with Crippen LogP contribution in [0.25, 0.3) is 21.5 Å². The average molecular weight is 651 g/mol. The monoisotopic (exact) mass is 650 g/mol. The van der Waals surface area contributed by atoms with Gasteiger partial charge in [-0.2, -0.15) is 0 Å². The van der Waals surface area contributed by atoms with E-state index in [2.05, 4.69) is 185 Å². The van der Waals surface area contributed by atoms with E-state index in [4.69, 9.17) is 0 Å². The van der Waals surface area contributed by atoms with Crippen molar-refractivity contribution in [3.8, 4) is 0 Å². The summed E-state index contributed by atoms with van der Waals surface area (Å²) in [5.74, 6) is 0. The third-order valence-electron chi connectivity index (χ3n) is 10.5. The summed E-state index contributed by atoms with van der Waals surface area (Å²) in [6.07, 6.45) is 4.08. The Labute approximate surface area is 294 Å². The van der Waals surface area contributed by atoms with Gasteiger partial charge in [-0.05, 0) is 102 Å². The number of benzene rings is 6. The number of aryl methyl sites for hydroxylation is 4. The molecule has 0 N–H and O–H groups in total. The van der Waals surface area contributed by atoms with Crippen LogP contribution in [0.1, 0.15) is 72.2 Å². The Morgan fingerprint density at radius 3 is 0.837 bits per heavy atom. The SMILES string of the molecule is CCc1ccc(C2=C(c3ccc(CC)cc3)[Si](c3ccccc3)(c3ccccc3)C(c3ccc(CC)cc3)=C2c2ccc(CC)cc2)cc1. The molecule has 1 aliphatic heterocycles. The summed E-state index contributed by atoms with van der Waals surface area (Å²) in [6, 6.07) is 60.8. The molecule has 0 bridgehead atoms. The van der Waals surface area contributed by atoms with Crippen molar-refractivity contribution in [2.24, 2.45) is 0 Å². The van der Waals surface area contributed by atoms with E-state index in [-0.39, 0.29) is 0 Å². The highest BCUT2D eigenvalue weighted by molar-refractivity contribution is 7.29. The molecule has 0 aliphatic carbocycles. The molecule has 0 aromatic heterocycles. The van der Waals surface area contributed by atoms with Crippen molar-refractivity contribution in [3.05, 3.63) is 202 Å². The van der Waals surface area contributed by atoms with Crippen LogP contribution in [-0.4, -0.2) is 8.07 Å². The minimum Gasteiger partial charge on any atom is -0.0623 e. The summed E-state index contributed by atoms with van der Waals surface area (Å²) >= 11 is 0. The first-order chi connectivity index (χ1) is 24.1. The van der Waals surface area contributed by atoms with Gasteiger partial charge in [0.1, 0.15) is 0 Å². The first kappa shape index (κ1) is 32.6. The van der Waals surface area contributed by atoms with Crippen molar-refractivity contribution < 1.29 is 0 Å². The zero-order chi connectivity index (χ0) is 33.8. The van der Waals surface area contributed by atoms with Crippen molar-refractivity contribution in [2.75, 3.05) is 0 Å². The second kappa shape index (κ2) is 14.2. The fraction of sp³-hybridized carbons (Fsp3) is 0.167. The van der Waals surface area contributed by atoms with Gasteiger partial charge in [0.15, 0.2) is 8.07 Å². The topological polar surface area (TPSA) is 0 Å². The average Bonchev–Trinajstić information content (AvgIpc) is 3.51. The van der Waals surface area contributed by atoms with E-state index in [1.165, 1.54) is 76.4 Å². The zero-order valence-electron chi connectivity index (χ0n) is 29.3. The van der Waals surface area contributed by atoms with Crippen LogP contribution in [-0.2, 0) is 25.7 Å². The molecule has 0 radical (unpaired) electrons. The number of hydrogen-bond donors (Lipinski definition) is 0. The molecule has 1 aliphatic rings. The van der Waals surface area contributed by atoms with Crippen LogP contribution in [0.3, 0.4) is 0 Å². The van der Waals surface area contributed by atoms with Crippen LogP contribution in [0.2, 0.25) is 0 Å². The normalized spacial score (nSPS) is 14.0. The lowest BCUT2D eigenvalue weighted by Crippen LogP contribution is -2.59. The first-order valence-electron chi connectivity index (χ1n) is 18.1. The van der Waals surface area contributed by atoms with E-state index in [1.54, 1.807) is 0 Å². The molecule has 6 aromatic carbocycles. The van der Waals surface area contributed by atoms with Gasteiger partial charge in [0.2, 0.25) is 0 Å². The molecule has 0 spiro atoms. The first-order valence-corrected chi connectivity index (χ1v) is 20.1. The molecule has 1 heterocycles. The van der Waals surface area contributed by atoms with Crippen molar-refractivity contribution >= 4 is 40.0 Å². The summed E-state index contributed by atoms with van der Waals surface area (Å²) in [7, 11) is -2.96.